The number of hydrogen-bond donors (Lipinski definition) is 4. The molecule has 12 nitrogen and oxygen atoms in total. The molecule has 0 saturated heterocycles. The minimum Gasteiger partial charge on any atom is -0.396 e. The van der Waals surface area contributed by atoms with Gasteiger partial charge in [0.25, 0.3) is 15.9 Å². The average molecular weight is 501 g/mol. The van der Waals surface area contributed by atoms with E-state index in [1.54, 1.807) is 18.3 Å². The number of rotatable bonds is 11. The van der Waals surface area contributed by atoms with E-state index in [9.17, 15) is 13.2 Å². The van der Waals surface area contributed by atoms with Gasteiger partial charge in [0.15, 0.2) is 5.82 Å². The Morgan fingerprint density at radius 1 is 1.23 bits per heavy atom. The molecule has 3 aromatic heterocycles. The molecule has 4 N–H and O–H groups in total. The second kappa shape index (κ2) is 10.4. The maximum atomic E-state index is 12.5. The van der Waals surface area contributed by atoms with E-state index in [1.807, 2.05) is 13.8 Å². The van der Waals surface area contributed by atoms with E-state index in [2.05, 4.69) is 36.0 Å². The molecule has 1 amide bonds. The summed E-state index contributed by atoms with van der Waals surface area (Å²) in [4.78, 5) is 25.6. The van der Waals surface area contributed by atoms with Crippen molar-refractivity contribution in [3.05, 3.63) is 42.5 Å². The molecule has 35 heavy (non-hydrogen) atoms. The van der Waals surface area contributed by atoms with E-state index in [0.29, 0.717) is 60.1 Å². The second-order valence-electron chi connectivity index (χ2n) is 8.48. The van der Waals surface area contributed by atoms with Gasteiger partial charge in [-0.15, -0.1) is 0 Å². The van der Waals surface area contributed by atoms with Crippen molar-refractivity contribution in [3.63, 3.8) is 0 Å². The summed E-state index contributed by atoms with van der Waals surface area (Å²) in [5.74, 6) is 0.920. The van der Waals surface area contributed by atoms with Gasteiger partial charge in [-0.05, 0) is 39.2 Å². The predicted octanol–water partition coefficient (Wildman–Crippen LogP) is 1.75. The largest absolute Gasteiger partial charge is 0.396 e. The summed E-state index contributed by atoms with van der Waals surface area (Å²) in [7, 11) is -3.47. The summed E-state index contributed by atoms with van der Waals surface area (Å²) in [5.41, 5.74) is 1.46. The zero-order valence-corrected chi connectivity index (χ0v) is 20.3. The van der Waals surface area contributed by atoms with Crippen molar-refractivity contribution in [2.24, 2.45) is 0 Å². The predicted molar refractivity (Wildman–Crippen MR) is 131 cm³/mol. The molecule has 0 bridgehead atoms. The van der Waals surface area contributed by atoms with Gasteiger partial charge in [-0.1, -0.05) is 0 Å². The molecule has 0 spiro atoms. The molecule has 0 aliphatic heterocycles. The van der Waals surface area contributed by atoms with Crippen molar-refractivity contribution >= 4 is 33.3 Å². The van der Waals surface area contributed by atoms with Crippen LogP contribution in [0.2, 0.25) is 0 Å². The summed E-state index contributed by atoms with van der Waals surface area (Å²) >= 11 is 0. The lowest BCUT2D eigenvalue weighted by atomic mass is 10.2. The first-order valence-corrected chi connectivity index (χ1v) is 12.8. The van der Waals surface area contributed by atoms with Gasteiger partial charge >= 0.3 is 0 Å². The lowest BCUT2D eigenvalue weighted by Crippen LogP contribution is -2.27. The summed E-state index contributed by atoms with van der Waals surface area (Å²) in [6.07, 6.45) is 7.62. The molecule has 1 saturated carbocycles. The van der Waals surface area contributed by atoms with Crippen LogP contribution < -0.4 is 16.0 Å². The molecule has 186 valence electrons. The molecular weight excluding hydrogens is 472 g/mol. The fourth-order valence-corrected chi connectivity index (χ4v) is 4.76. The summed E-state index contributed by atoms with van der Waals surface area (Å²) in [5, 5.41) is 21.7. The van der Waals surface area contributed by atoms with Gasteiger partial charge in [-0.2, -0.15) is 9.19 Å². The molecule has 0 atom stereocenters. The van der Waals surface area contributed by atoms with E-state index in [4.69, 9.17) is 5.11 Å². The van der Waals surface area contributed by atoms with E-state index in [1.165, 1.54) is 18.6 Å². The number of amides is 1. The van der Waals surface area contributed by atoms with Crippen LogP contribution in [0.25, 0.3) is 11.4 Å². The standard InChI is InChI=1S/C22H28N8O4S/c1-14(2)27-18-10-20(25-12-17(18)22(32)24-7-3-9-31)28-19-6-8-23-21(29-19)15-11-26-30(13-15)35(33,34)16-4-5-16/h6,8,10-14,16,31H,3-5,7,9H2,1-2H3,(H,24,32)(H2,23,25,27,28,29). The Kier molecular flexibility index (Phi) is 7.26. The van der Waals surface area contributed by atoms with Crippen LogP contribution in [-0.2, 0) is 10.0 Å². The Bertz CT molecular complexity index is 1300. The lowest BCUT2D eigenvalue weighted by Gasteiger charge is -2.16. The van der Waals surface area contributed by atoms with Crippen molar-refractivity contribution in [2.75, 3.05) is 23.8 Å². The van der Waals surface area contributed by atoms with Crippen molar-refractivity contribution in [2.45, 2.75) is 44.4 Å². The van der Waals surface area contributed by atoms with Gasteiger partial charge < -0.3 is 21.1 Å². The smallest absolute Gasteiger partial charge is 0.256 e. The van der Waals surface area contributed by atoms with Crippen LogP contribution in [0.3, 0.4) is 0 Å². The van der Waals surface area contributed by atoms with Crippen LogP contribution in [0.1, 0.15) is 43.5 Å². The second-order valence-corrected chi connectivity index (χ2v) is 10.6. The molecule has 0 radical (unpaired) electrons. The quantitative estimate of drug-likeness (QED) is 0.285. The van der Waals surface area contributed by atoms with Gasteiger partial charge in [0.2, 0.25) is 0 Å². The minimum atomic E-state index is -3.47. The highest BCUT2D eigenvalue weighted by molar-refractivity contribution is 7.90. The summed E-state index contributed by atoms with van der Waals surface area (Å²) in [6, 6.07) is 3.44. The molecule has 1 aliphatic carbocycles. The minimum absolute atomic E-state index is 0.00344. The van der Waals surface area contributed by atoms with E-state index in [-0.39, 0.29) is 23.8 Å². The number of pyridine rings is 1. The third-order valence-electron chi connectivity index (χ3n) is 5.15. The first kappa shape index (κ1) is 24.5. The Hall–Kier alpha value is -3.58. The number of hydrogen-bond acceptors (Lipinski definition) is 10. The van der Waals surface area contributed by atoms with Crippen molar-refractivity contribution in [1.82, 2.24) is 29.5 Å². The SMILES string of the molecule is CC(C)Nc1cc(Nc2ccnc(-c3cnn(S(=O)(=O)C4CC4)c3)n2)ncc1C(=O)NCCCO. The number of nitrogens with zero attached hydrogens (tertiary/aromatic N) is 5. The van der Waals surface area contributed by atoms with Gasteiger partial charge in [-0.25, -0.2) is 23.4 Å². The third-order valence-corrected chi connectivity index (χ3v) is 7.18. The summed E-state index contributed by atoms with van der Waals surface area (Å²) < 4.78 is 25.8. The van der Waals surface area contributed by atoms with E-state index < -0.39 is 10.0 Å². The van der Waals surface area contributed by atoms with Crippen molar-refractivity contribution in [3.8, 4) is 11.4 Å². The number of carbonyl (C=O) groups excluding carboxylic acids is 1. The fourth-order valence-electron chi connectivity index (χ4n) is 3.29. The van der Waals surface area contributed by atoms with Gasteiger partial charge in [0.05, 0.1) is 34.5 Å². The number of carbonyl (C=O) groups is 1. The topological polar surface area (TPSA) is 164 Å². The lowest BCUT2D eigenvalue weighted by molar-refractivity contribution is 0.0951. The number of anilines is 3. The van der Waals surface area contributed by atoms with Gasteiger partial charge in [0, 0.05) is 37.7 Å². The number of nitrogens with one attached hydrogen (secondary N) is 3. The Balaban J connectivity index is 1.54. The Morgan fingerprint density at radius 3 is 2.74 bits per heavy atom. The first-order valence-electron chi connectivity index (χ1n) is 11.3. The van der Waals surface area contributed by atoms with Crippen molar-refractivity contribution in [1.29, 1.82) is 0 Å². The molecule has 0 aromatic carbocycles. The monoisotopic (exact) mass is 500 g/mol. The zero-order valence-electron chi connectivity index (χ0n) is 19.5. The van der Waals surface area contributed by atoms with Crippen LogP contribution in [0.4, 0.5) is 17.3 Å². The van der Waals surface area contributed by atoms with Gasteiger partial charge in [0.1, 0.15) is 11.6 Å². The van der Waals surface area contributed by atoms with Crippen LogP contribution in [0.5, 0.6) is 0 Å². The molecule has 1 aliphatic rings. The summed E-state index contributed by atoms with van der Waals surface area (Å²) in [6.45, 7) is 4.28. The maximum absolute atomic E-state index is 12.5. The highest BCUT2D eigenvalue weighted by atomic mass is 32.2. The van der Waals surface area contributed by atoms with Crippen LogP contribution in [-0.4, -0.2) is 68.0 Å². The zero-order chi connectivity index (χ0) is 25.0. The first-order chi connectivity index (χ1) is 16.8. The maximum Gasteiger partial charge on any atom is 0.256 e. The number of aliphatic hydroxyl groups excluding tert-OH is 1. The average Bonchev–Trinajstić information content (AvgIpc) is 3.56. The Labute approximate surface area is 203 Å². The number of aromatic nitrogens is 5. The van der Waals surface area contributed by atoms with Crippen LogP contribution in [0.15, 0.2) is 36.9 Å². The van der Waals surface area contributed by atoms with Crippen LogP contribution >= 0.6 is 0 Å². The third kappa shape index (κ3) is 5.92. The highest BCUT2D eigenvalue weighted by Gasteiger charge is 2.37. The molecule has 13 heteroatoms. The normalized spacial score (nSPS) is 13.6. The molecule has 1 fully saturated rings. The highest BCUT2D eigenvalue weighted by Crippen LogP contribution is 2.30. The molecular formula is C22H28N8O4S. The van der Waals surface area contributed by atoms with Crippen molar-refractivity contribution < 1.29 is 18.3 Å². The number of aliphatic hydroxyl groups is 1. The fraction of sp³-hybridized carbons (Fsp3) is 0.409. The molecule has 3 aromatic rings. The van der Waals surface area contributed by atoms with Crippen LogP contribution in [0, 0.1) is 0 Å². The van der Waals surface area contributed by atoms with E-state index in [0.717, 1.165) is 4.09 Å². The molecule has 0 unspecified atom stereocenters. The van der Waals surface area contributed by atoms with E-state index >= 15 is 0 Å². The molecule has 4 rings (SSSR count). The Morgan fingerprint density at radius 2 is 2.03 bits per heavy atom. The molecule has 3 heterocycles. The van der Waals surface area contributed by atoms with Gasteiger partial charge in [-0.3, -0.25) is 4.79 Å².